The summed E-state index contributed by atoms with van der Waals surface area (Å²) in [7, 11) is 1.50. The van der Waals surface area contributed by atoms with Gasteiger partial charge in [0.1, 0.15) is 5.82 Å². The lowest BCUT2D eigenvalue weighted by molar-refractivity contribution is -0.123. The number of hydrogen-bond acceptors (Lipinski definition) is 4. The van der Waals surface area contributed by atoms with Gasteiger partial charge in [-0.25, -0.2) is 9.18 Å². The molecule has 1 N–H and O–H groups in total. The van der Waals surface area contributed by atoms with Crippen molar-refractivity contribution >= 4 is 23.6 Å². The quantitative estimate of drug-likeness (QED) is 0.817. The Morgan fingerprint density at radius 1 is 1.38 bits per heavy atom. The number of amides is 2. The van der Waals surface area contributed by atoms with Crippen molar-refractivity contribution in [3.05, 3.63) is 34.6 Å². The zero-order valence-electron chi connectivity index (χ0n) is 15.1. The van der Waals surface area contributed by atoms with Gasteiger partial charge in [-0.15, -0.1) is 0 Å². The normalized spacial score (nSPS) is 15.5. The number of likely N-dealkylation sites (tertiary alicyclic amines) is 1. The van der Waals surface area contributed by atoms with Gasteiger partial charge in [-0.05, 0) is 37.5 Å². The third-order valence-corrected chi connectivity index (χ3v) is 4.94. The molecule has 0 atom stereocenters. The van der Waals surface area contributed by atoms with Gasteiger partial charge in [-0.1, -0.05) is 17.7 Å². The van der Waals surface area contributed by atoms with E-state index in [2.05, 4.69) is 10.2 Å². The van der Waals surface area contributed by atoms with Crippen LogP contribution in [0.1, 0.15) is 25.3 Å². The minimum absolute atomic E-state index is 0.0807. The summed E-state index contributed by atoms with van der Waals surface area (Å²) in [4.78, 5) is 27.3. The highest BCUT2D eigenvalue weighted by Crippen LogP contribution is 2.23. The van der Waals surface area contributed by atoms with Gasteiger partial charge in [0, 0.05) is 44.3 Å². The van der Waals surface area contributed by atoms with Crippen molar-refractivity contribution in [3.8, 4) is 0 Å². The van der Waals surface area contributed by atoms with E-state index >= 15 is 0 Å². The summed E-state index contributed by atoms with van der Waals surface area (Å²) in [6.45, 7) is 4.41. The van der Waals surface area contributed by atoms with Crippen LogP contribution in [0.5, 0.6) is 0 Å². The van der Waals surface area contributed by atoms with Crippen molar-refractivity contribution in [1.82, 2.24) is 15.1 Å². The molecule has 8 heteroatoms. The first-order valence-corrected chi connectivity index (χ1v) is 9.12. The second-order valence-corrected chi connectivity index (χ2v) is 6.66. The van der Waals surface area contributed by atoms with Gasteiger partial charge in [-0.3, -0.25) is 9.69 Å². The van der Waals surface area contributed by atoms with E-state index in [4.69, 9.17) is 16.3 Å². The molecule has 26 heavy (non-hydrogen) atoms. The van der Waals surface area contributed by atoms with E-state index in [0.717, 1.165) is 31.5 Å². The second kappa shape index (κ2) is 9.73. The molecule has 0 aliphatic carbocycles. The van der Waals surface area contributed by atoms with E-state index in [1.165, 1.54) is 19.2 Å². The molecule has 2 rings (SSSR count). The number of ether oxygens (including phenoxy) is 1. The molecule has 1 aromatic rings. The summed E-state index contributed by atoms with van der Waals surface area (Å²) in [5, 5.41) is 2.85. The summed E-state index contributed by atoms with van der Waals surface area (Å²) in [5.74, 6) is -0.674. The maximum Gasteiger partial charge on any atom is 0.410 e. The van der Waals surface area contributed by atoms with Crippen LogP contribution in [0.15, 0.2) is 18.2 Å². The van der Waals surface area contributed by atoms with Crippen LogP contribution in [0, 0.1) is 5.82 Å². The van der Waals surface area contributed by atoms with Crippen LogP contribution in [0.25, 0.3) is 0 Å². The standard InChI is InChI=1S/C18H25ClFN3O3/c1-3-23(18(25)26-12-17(24)21-2)15-6-8-22(9-7-15)11-13-4-5-14(20)10-16(13)19/h4-5,10,15H,3,6-9,11-12H2,1-2H3,(H,21,24). The largest absolute Gasteiger partial charge is 0.439 e. The molecule has 1 heterocycles. The molecular formula is C18H25ClFN3O3. The molecule has 144 valence electrons. The topological polar surface area (TPSA) is 61.9 Å². The van der Waals surface area contributed by atoms with Crippen molar-refractivity contribution in [2.75, 3.05) is 33.3 Å². The van der Waals surface area contributed by atoms with Crippen molar-refractivity contribution in [2.45, 2.75) is 32.4 Å². The van der Waals surface area contributed by atoms with Gasteiger partial charge < -0.3 is 15.0 Å². The van der Waals surface area contributed by atoms with Crippen LogP contribution in [0.4, 0.5) is 9.18 Å². The second-order valence-electron chi connectivity index (χ2n) is 6.26. The number of piperidine rings is 1. The first-order valence-electron chi connectivity index (χ1n) is 8.74. The minimum atomic E-state index is -0.462. The van der Waals surface area contributed by atoms with E-state index < -0.39 is 6.09 Å². The number of nitrogens with zero attached hydrogens (tertiary/aromatic N) is 2. The van der Waals surface area contributed by atoms with Crippen LogP contribution in [0.3, 0.4) is 0 Å². The van der Waals surface area contributed by atoms with Gasteiger partial charge in [0.25, 0.3) is 5.91 Å². The highest BCUT2D eigenvalue weighted by atomic mass is 35.5. The lowest BCUT2D eigenvalue weighted by Crippen LogP contribution is -2.47. The number of halogens is 2. The Bertz CT molecular complexity index is 636. The number of carbonyl (C=O) groups is 2. The van der Waals surface area contributed by atoms with Gasteiger partial charge >= 0.3 is 6.09 Å². The zero-order chi connectivity index (χ0) is 19.1. The maximum absolute atomic E-state index is 13.1. The van der Waals surface area contributed by atoms with Crippen molar-refractivity contribution < 1.29 is 18.7 Å². The molecule has 1 aliphatic rings. The smallest absolute Gasteiger partial charge is 0.410 e. The van der Waals surface area contributed by atoms with Crippen LogP contribution in [0.2, 0.25) is 5.02 Å². The van der Waals surface area contributed by atoms with E-state index in [0.29, 0.717) is 18.1 Å². The minimum Gasteiger partial charge on any atom is -0.439 e. The number of benzene rings is 1. The van der Waals surface area contributed by atoms with Gasteiger partial charge in [0.05, 0.1) is 0 Å². The Morgan fingerprint density at radius 3 is 2.65 bits per heavy atom. The number of carbonyl (C=O) groups excluding carboxylic acids is 2. The van der Waals surface area contributed by atoms with Crippen LogP contribution in [-0.2, 0) is 16.1 Å². The Hall–Kier alpha value is -1.86. The highest BCUT2D eigenvalue weighted by molar-refractivity contribution is 6.31. The van der Waals surface area contributed by atoms with E-state index in [-0.39, 0.29) is 24.4 Å². The predicted octanol–water partition coefficient (Wildman–Crippen LogP) is 2.65. The van der Waals surface area contributed by atoms with Crippen LogP contribution >= 0.6 is 11.6 Å². The Morgan fingerprint density at radius 2 is 2.08 bits per heavy atom. The molecule has 0 radical (unpaired) electrons. The third kappa shape index (κ3) is 5.57. The summed E-state index contributed by atoms with van der Waals surface area (Å²) >= 11 is 6.10. The molecule has 1 fully saturated rings. The molecule has 1 aliphatic heterocycles. The molecule has 0 spiro atoms. The fourth-order valence-corrected chi connectivity index (χ4v) is 3.33. The predicted molar refractivity (Wildman–Crippen MR) is 97.5 cm³/mol. The van der Waals surface area contributed by atoms with Gasteiger partial charge in [0.2, 0.25) is 0 Å². The van der Waals surface area contributed by atoms with Crippen LogP contribution in [-0.4, -0.2) is 61.1 Å². The Balaban J connectivity index is 1.85. The monoisotopic (exact) mass is 385 g/mol. The Kier molecular flexibility index (Phi) is 7.66. The molecule has 6 nitrogen and oxygen atoms in total. The number of hydrogen-bond donors (Lipinski definition) is 1. The fourth-order valence-electron chi connectivity index (χ4n) is 3.10. The number of rotatable bonds is 6. The van der Waals surface area contributed by atoms with Gasteiger partial charge in [-0.2, -0.15) is 0 Å². The summed E-state index contributed by atoms with van der Waals surface area (Å²) in [6.07, 6.45) is 1.15. The fraction of sp³-hybridized carbons (Fsp3) is 0.556. The first kappa shape index (κ1) is 20.5. The Labute approximate surface area is 158 Å². The highest BCUT2D eigenvalue weighted by Gasteiger charge is 2.28. The molecule has 1 saturated heterocycles. The lowest BCUT2D eigenvalue weighted by Gasteiger charge is -2.37. The number of nitrogens with one attached hydrogen (secondary N) is 1. The number of likely N-dealkylation sites (N-methyl/N-ethyl adjacent to an activating group) is 1. The SMILES string of the molecule is CCN(C(=O)OCC(=O)NC)C1CCN(Cc2ccc(F)cc2Cl)CC1. The average Bonchev–Trinajstić information content (AvgIpc) is 2.64. The zero-order valence-corrected chi connectivity index (χ0v) is 15.9. The molecule has 0 bridgehead atoms. The average molecular weight is 386 g/mol. The summed E-state index contributed by atoms with van der Waals surface area (Å²) in [5.41, 5.74) is 0.892. The van der Waals surface area contributed by atoms with Gasteiger partial charge in [0.15, 0.2) is 6.61 Å². The van der Waals surface area contributed by atoms with E-state index in [9.17, 15) is 14.0 Å². The van der Waals surface area contributed by atoms with Crippen molar-refractivity contribution in [2.24, 2.45) is 0 Å². The summed E-state index contributed by atoms with van der Waals surface area (Å²) in [6, 6.07) is 4.52. The van der Waals surface area contributed by atoms with E-state index in [1.807, 2.05) is 6.92 Å². The molecule has 2 amide bonds. The summed E-state index contributed by atoms with van der Waals surface area (Å²) < 4.78 is 18.2. The van der Waals surface area contributed by atoms with Crippen molar-refractivity contribution in [3.63, 3.8) is 0 Å². The van der Waals surface area contributed by atoms with E-state index in [1.54, 1.807) is 11.0 Å². The lowest BCUT2D eigenvalue weighted by atomic mass is 10.0. The third-order valence-electron chi connectivity index (χ3n) is 4.59. The maximum atomic E-state index is 13.1. The molecule has 0 aromatic heterocycles. The van der Waals surface area contributed by atoms with Crippen LogP contribution < -0.4 is 5.32 Å². The van der Waals surface area contributed by atoms with Crippen molar-refractivity contribution in [1.29, 1.82) is 0 Å². The molecule has 0 saturated carbocycles. The molecule has 0 unspecified atom stereocenters. The first-order chi connectivity index (χ1) is 12.4. The molecule has 1 aromatic carbocycles. The molecular weight excluding hydrogens is 361 g/mol.